The summed E-state index contributed by atoms with van der Waals surface area (Å²) in [6.45, 7) is 7.05. The first-order valence-electron chi connectivity index (χ1n) is 32.7. The number of phosphoric acid groups is 1. The van der Waals surface area contributed by atoms with Crippen LogP contribution in [0, 0.1) is 0 Å². The lowest BCUT2D eigenvalue weighted by Gasteiger charge is -2.27. The van der Waals surface area contributed by atoms with E-state index in [1.807, 2.05) is 33.3 Å². The molecular formula is C65H128N2O7P+. The Hall–Kier alpha value is -1.51. The molecule has 0 aliphatic carbocycles. The number of ether oxygens (including phenoxy) is 1. The summed E-state index contributed by atoms with van der Waals surface area (Å²) in [4.78, 5) is 37.7. The molecule has 0 radical (unpaired) electrons. The second-order valence-electron chi connectivity index (χ2n) is 23.6. The lowest BCUT2D eigenvalue weighted by atomic mass is 10.0. The van der Waals surface area contributed by atoms with E-state index in [0.29, 0.717) is 23.9 Å². The van der Waals surface area contributed by atoms with Crippen molar-refractivity contribution in [2.24, 2.45) is 0 Å². The van der Waals surface area contributed by atoms with Gasteiger partial charge in [0.2, 0.25) is 5.91 Å². The number of hydrogen-bond acceptors (Lipinski definition) is 6. The Bertz CT molecular complexity index is 1340. The van der Waals surface area contributed by atoms with Crippen molar-refractivity contribution in [3.05, 3.63) is 24.3 Å². The Morgan fingerprint density at radius 1 is 0.453 bits per heavy atom. The van der Waals surface area contributed by atoms with Crippen molar-refractivity contribution in [1.82, 2.24) is 5.32 Å². The Labute approximate surface area is 466 Å². The van der Waals surface area contributed by atoms with Crippen LogP contribution in [0.5, 0.6) is 0 Å². The minimum atomic E-state index is -4.44. The summed E-state index contributed by atoms with van der Waals surface area (Å²) in [5, 5.41) is 3.06. The quantitative estimate of drug-likeness (QED) is 0.0205. The van der Waals surface area contributed by atoms with Gasteiger partial charge in [-0.25, -0.2) is 4.57 Å². The van der Waals surface area contributed by atoms with Gasteiger partial charge in [-0.15, -0.1) is 0 Å². The van der Waals surface area contributed by atoms with Gasteiger partial charge in [-0.3, -0.25) is 18.6 Å². The first-order valence-corrected chi connectivity index (χ1v) is 34.2. The van der Waals surface area contributed by atoms with Crippen molar-refractivity contribution in [1.29, 1.82) is 0 Å². The van der Waals surface area contributed by atoms with Crippen LogP contribution < -0.4 is 5.32 Å². The highest BCUT2D eigenvalue weighted by Crippen LogP contribution is 2.43. The van der Waals surface area contributed by atoms with E-state index in [9.17, 15) is 19.0 Å². The van der Waals surface area contributed by atoms with Gasteiger partial charge >= 0.3 is 13.8 Å². The second-order valence-corrected chi connectivity index (χ2v) is 25.1. The van der Waals surface area contributed by atoms with Gasteiger partial charge in [-0.05, 0) is 57.4 Å². The summed E-state index contributed by atoms with van der Waals surface area (Å²) in [5.41, 5.74) is 0. The van der Waals surface area contributed by atoms with Crippen molar-refractivity contribution in [3.63, 3.8) is 0 Å². The van der Waals surface area contributed by atoms with Crippen molar-refractivity contribution in [3.8, 4) is 0 Å². The molecule has 0 saturated heterocycles. The highest BCUT2D eigenvalue weighted by atomic mass is 31.2. The van der Waals surface area contributed by atoms with Crippen LogP contribution in [0.15, 0.2) is 24.3 Å². The number of phosphoric ester groups is 1. The Morgan fingerprint density at radius 3 is 1.13 bits per heavy atom. The maximum Gasteiger partial charge on any atom is 0.472 e. The van der Waals surface area contributed by atoms with Gasteiger partial charge in [0, 0.05) is 12.8 Å². The Balaban J connectivity index is 5.11. The zero-order chi connectivity index (χ0) is 55.0. The summed E-state index contributed by atoms with van der Waals surface area (Å²) < 4.78 is 30.7. The van der Waals surface area contributed by atoms with Crippen molar-refractivity contribution in [2.45, 2.75) is 341 Å². The van der Waals surface area contributed by atoms with Crippen LogP contribution >= 0.6 is 7.82 Å². The molecule has 0 bridgehead atoms. The zero-order valence-electron chi connectivity index (χ0n) is 50.8. The summed E-state index contributed by atoms with van der Waals surface area (Å²) >= 11 is 0. The molecule has 0 aromatic heterocycles. The number of likely N-dealkylation sites (N-methyl/N-ethyl adjacent to an activating group) is 1. The SMILES string of the molecule is CCCCCCCC/C=C/CCCCCCCCCC(=O)NC(COP(=O)(O)OCC[N+](C)(C)C)C(/C=C/CCCCCCCCCCC)OC(=O)CCCCCCCCCCCCCCCCCCCCCCC. The summed E-state index contributed by atoms with van der Waals surface area (Å²) in [6.07, 6.45) is 66.1. The number of nitrogens with one attached hydrogen (secondary N) is 1. The number of carbonyl (C=O) groups is 2. The smallest absolute Gasteiger partial charge is 0.456 e. The number of allylic oxidation sites excluding steroid dienone is 3. The minimum absolute atomic E-state index is 0.0429. The van der Waals surface area contributed by atoms with Crippen LogP contribution in [0.25, 0.3) is 0 Å². The van der Waals surface area contributed by atoms with Crippen LogP contribution in [0.2, 0.25) is 0 Å². The molecule has 0 saturated carbocycles. The van der Waals surface area contributed by atoms with Crippen LogP contribution in [0.3, 0.4) is 0 Å². The number of amides is 1. The summed E-state index contributed by atoms with van der Waals surface area (Å²) in [6, 6.07) is -0.845. The molecule has 0 aromatic carbocycles. The first kappa shape index (κ1) is 73.5. The van der Waals surface area contributed by atoms with Crippen LogP contribution in [-0.4, -0.2) is 74.3 Å². The molecule has 0 heterocycles. The largest absolute Gasteiger partial charge is 0.472 e. The third kappa shape index (κ3) is 57.0. The number of hydrogen-bond donors (Lipinski definition) is 2. The molecule has 1 amide bonds. The molecule has 0 fully saturated rings. The van der Waals surface area contributed by atoms with E-state index in [0.717, 1.165) is 57.8 Å². The molecule has 3 unspecified atom stereocenters. The van der Waals surface area contributed by atoms with E-state index < -0.39 is 20.0 Å². The summed E-state index contributed by atoms with van der Waals surface area (Å²) in [7, 11) is 1.51. The van der Waals surface area contributed by atoms with Crippen molar-refractivity contribution >= 4 is 19.7 Å². The normalized spacial score (nSPS) is 13.7. The zero-order valence-corrected chi connectivity index (χ0v) is 51.7. The third-order valence-electron chi connectivity index (χ3n) is 14.9. The molecule has 0 aromatic rings. The molecule has 2 N–H and O–H groups in total. The number of nitrogens with zero attached hydrogens (tertiary/aromatic N) is 1. The first-order chi connectivity index (χ1) is 36.4. The number of unbranched alkanes of at least 4 members (excludes halogenated alkanes) is 42. The number of esters is 1. The Kier molecular flexibility index (Phi) is 54.7. The van der Waals surface area contributed by atoms with Gasteiger partial charge in [-0.2, -0.15) is 0 Å². The fraction of sp³-hybridized carbons (Fsp3) is 0.908. The van der Waals surface area contributed by atoms with E-state index in [1.165, 1.54) is 238 Å². The van der Waals surface area contributed by atoms with Gasteiger partial charge in [0.25, 0.3) is 0 Å². The van der Waals surface area contributed by atoms with Gasteiger partial charge < -0.3 is 19.4 Å². The molecule has 0 aliphatic rings. The highest BCUT2D eigenvalue weighted by molar-refractivity contribution is 7.47. The molecule has 3 atom stereocenters. The average molecular weight is 1080 g/mol. The Morgan fingerprint density at radius 2 is 0.773 bits per heavy atom. The van der Waals surface area contributed by atoms with Crippen LogP contribution in [-0.2, 0) is 27.9 Å². The fourth-order valence-electron chi connectivity index (χ4n) is 9.82. The molecule has 75 heavy (non-hydrogen) atoms. The minimum Gasteiger partial charge on any atom is -0.456 e. The maximum absolute atomic E-state index is 13.5. The number of carbonyl (C=O) groups excluding carboxylic acids is 2. The lowest BCUT2D eigenvalue weighted by Crippen LogP contribution is -2.47. The van der Waals surface area contributed by atoms with Gasteiger partial charge in [0.1, 0.15) is 19.3 Å². The molecule has 9 nitrogen and oxygen atoms in total. The molecule has 0 rings (SSSR count). The molecule has 0 spiro atoms. The van der Waals surface area contributed by atoms with Crippen LogP contribution in [0.4, 0.5) is 0 Å². The monoisotopic (exact) mass is 1080 g/mol. The van der Waals surface area contributed by atoms with E-state index >= 15 is 0 Å². The maximum atomic E-state index is 13.5. The van der Waals surface area contributed by atoms with E-state index in [1.54, 1.807) is 0 Å². The predicted octanol–water partition coefficient (Wildman–Crippen LogP) is 20.1. The van der Waals surface area contributed by atoms with E-state index in [2.05, 4.69) is 38.2 Å². The fourth-order valence-corrected chi connectivity index (χ4v) is 10.6. The molecular weight excluding hydrogens is 952 g/mol. The van der Waals surface area contributed by atoms with Crippen LogP contribution in [0.1, 0.15) is 329 Å². The number of quaternary nitrogens is 1. The van der Waals surface area contributed by atoms with Gasteiger partial charge in [0.15, 0.2) is 0 Å². The lowest BCUT2D eigenvalue weighted by molar-refractivity contribution is -0.870. The molecule has 10 heteroatoms. The average Bonchev–Trinajstić information content (AvgIpc) is 3.37. The van der Waals surface area contributed by atoms with Crippen molar-refractivity contribution in [2.75, 3.05) is 40.9 Å². The summed E-state index contributed by atoms with van der Waals surface area (Å²) in [5.74, 6) is -0.492. The van der Waals surface area contributed by atoms with Gasteiger partial charge in [-0.1, -0.05) is 283 Å². The predicted molar refractivity (Wildman–Crippen MR) is 323 cm³/mol. The third-order valence-corrected chi connectivity index (χ3v) is 15.9. The highest BCUT2D eigenvalue weighted by Gasteiger charge is 2.30. The van der Waals surface area contributed by atoms with Gasteiger partial charge in [0.05, 0.1) is 33.8 Å². The number of rotatable bonds is 60. The molecule has 444 valence electrons. The standard InChI is InChI=1S/C65H127N2O7P/c1-7-10-13-16-19-22-25-27-29-31-32-33-34-36-38-40-43-46-49-52-55-58-65(69)74-63(56-53-50-47-44-41-24-21-18-15-12-9-3)62(61-73-75(70,71)72-60-59-67(4,5)6)66-64(68)57-54-51-48-45-42-39-37-35-30-28-26-23-20-17-14-11-8-2/h28,30,53,56,62-63H,7-27,29,31-52,54-55,57-61H2,1-6H3,(H-,66,68,70,71)/p+1/b30-28+,56-53+. The van der Waals surface area contributed by atoms with E-state index in [4.69, 9.17) is 13.8 Å². The second kappa shape index (κ2) is 55.8. The topological polar surface area (TPSA) is 111 Å². The van der Waals surface area contributed by atoms with E-state index in [-0.39, 0.29) is 25.1 Å². The molecule has 0 aliphatic heterocycles. The van der Waals surface area contributed by atoms with Crippen molar-refractivity contribution < 1.29 is 37.3 Å².